The molecule has 0 aliphatic rings. The minimum Gasteiger partial charge on any atom is -0.506 e. The summed E-state index contributed by atoms with van der Waals surface area (Å²) in [4.78, 5) is 48.8. The number of pyridine rings is 1. The van der Waals surface area contributed by atoms with Gasteiger partial charge in [-0.15, -0.1) is 0 Å². The van der Waals surface area contributed by atoms with Gasteiger partial charge in [0.2, 0.25) is 5.91 Å². The zero-order valence-electron chi connectivity index (χ0n) is 13.7. The second-order valence-corrected chi connectivity index (χ2v) is 5.44. The van der Waals surface area contributed by atoms with Crippen LogP contribution in [-0.4, -0.2) is 40.2 Å². The van der Waals surface area contributed by atoms with Crippen molar-refractivity contribution in [3.8, 4) is 5.75 Å². The van der Waals surface area contributed by atoms with Crippen LogP contribution in [0.4, 0.5) is 0 Å². The first-order valence-corrected chi connectivity index (χ1v) is 7.40. The first-order chi connectivity index (χ1) is 12.3. The number of aromatic nitrogens is 1. The van der Waals surface area contributed by atoms with Crippen molar-refractivity contribution in [2.24, 2.45) is 5.73 Å². The normalized spacial score (nSPS) is 11.6. The molecule has 0 spiro atoms. The minimum atomic E-state index is -1.14. The number of ether oxygens (including phenoxy) is 1. The molecule has 1 heterocycles. The number of carbonyl (C=O) groups is 3. The summed E-state index contributed by atoms with van der Waals surface area (Å²) in [6.07, 6.45) is 0.662. The summed E-state index contributed by atoms with van der Waals surface area (Å²) in [5.41, 5.74) is 4.39. The number of benzene rings is 1. The standard InChI is InChI=1S/C17H16N2O7/c1-26-17(25)11-7-19-15(22)13(14(11)21)10(6-12(18)20)8-2-4-9(5-3-8)16(23)24/h2-5,7,10H,6H2,1H3,(H2,18,20)(H,23,24)(H2,19,21,22)/t10-/m0/s1. The van der Waals surface area contributed by atoms with Gasteiger partial charge in [-0.3, -0.25) is 9.59 Å². The lowest BCUT2D eigenvalue weighted by molar-refractivity contribution is -0.118. The minimum absolute atomic E-state index is 0.00742. The molecule has 2 rings (SSSR count). The number of carboxylic acids is 1. The van der Waals surface area contributed by atoms with Crippen molar-refractivity contribution in [3.63, 3.8) is 0 Å². The average molecular weight is 360 g/mol. The van der Waals surface area contributed by atoms with Gasteiger partial charge in [-0.2, -0.15) is 0 Å². The number of amides is 1. The van der Waals surface area contributed by atoms with Gasteiger partial charge in [0.05, 0.1) is 18.2 Å². The molecule has 0 aliphatic carbocycles. The van der Waals surface area contributed by atoms with Crippen molar-refractivity contribution in [2.75, 3.05) is 7.11 Å². The van der Waals surface area contributed by atoms with E-state index in [4.69, 9.17) is 10.8 Å². The average Bonchev–Trinajstić information content (AvgIpc) is 2.60. The number of H-pyrrole nitrogens is 1. The Labute approximate surface area is 147 Å². The topological polar surface area (TPSA) is 160 Å². The molecule has 136 valence electrons. The van der Waals surface area contributed by atoms with Gasteiger partial charge >= 0.3 is 11.9 Å². The molecule has 1 aromatic carbocycles. The third-order valence-corrected chi connectivity index (χ3v) is 3.82. The van der Waals surface area contributed by atoms with Crippen molar-refractivity contribution in [3.05, 3.63) is 63.1 Å². The van der Waals surface area contributed by atoms with Crippen LogP contribution in [0.25, 0.3) is 0 Å². The van der Waals surface area contributed by atoms with Gasteiger partial charge in [0, 0.05) is 18.5 Å². The largest absolute Gasteiger partial charge is 0.506 e. The van der Waals surface area contributed by atoms with E-state index in [0.29, 0.717) is 5.56 Å². The fraction of sp³-hybridized carbons (Fsp3) is 0.176. The number of carbonyl (C=O) groups excluding carboxylic acids is 2. The molecule has 0 fully saturated rings. The first-order valence-electron chi connectivity index (χ1n) is 7.40. The molecule has 9 nitrogen and oxygen atoms in total. The molecule has 0 saturated carbocycles. The monoisotopic (exact) mass is 360 g/mol. The number of nitrogens with two attached hydrogens (primary N) is 1. The lowest BCUT2D eigenvalue weighted by Gasteiger charge is -2.18. The third-order valence-electron chi connectivity index (χ3n) is 3.82. The summed E-state index contributed by atoms with van der Waals surface area (Å²) in [5, 5.41) is 19.4. The summed E-state index contributed by atoms with van der Waals surface area (Å²) in [7, 11) is 1.11. The van der Waals surface area contributed by atoms with Crippen LogP contribution in [0.3, 0.4) is 0 Å². The molecule has 0 bridgehead atoms. The summed E-state index contributed by atoms with van der Waals surface area (Å²) in [6, 6.07) is 5.39. The van der Waals surface area contributed by atoms with Crippen LogP contribution >= 0.6 is 0 Å². The predicted molar refractivity (Wildman–Crippen MR) is 89.1 cm³/mol. The van der Waals surface area contributed by atoms with E-state index in [-0.39, 0.29) is 23.1 Å². The quantitative estimate of drug-likeness (QED) is 0.548. The molecule has 26 heavy (non-hydrogen) atoms. The summed E-state index contributed by atoms with van der Waals surface area (Å²) >= 11 is 0. The van der Waals surface area contributed by atoms with Crippen molar-refractivity contribution in [1.82, 2.24) is 4.98 Å². The van der Waals surface area contributed by atoms with Crippen molar-refractivity contribution in [2.45, 2.75) is 12.3 Å². The molecule has 5 N–H and O–H groups in total. The SMILES string of the molecule is COC(=O)c1c[nH]c(=O)c([C@@H](CC(N)=O)c2ccc(C(=O)O)cc2)c1O. The van der Waals surface area contributed by atoms with E-state index in [1.165, 1.54) is 24.3 Å². The number of aromatic amines is 1. The number of aromatic carboxylic acids is 1. The lowest BCUT2D eigenvalue weighted by Crippen LogP contribution is -2.23. The second kappa shape index (κ2) is 7.51. The molecule has 1 aromatic heterocycles. The van der Waals surface area contributed by atoms with E-state index in [1.807, 2.05) is 0 Å². The zero-order valence-corrected chi connectivity index (χ0v) is 13.7. The van der Waals surface area contributed by atoms with E-state index in [1.54, 1.807) is 0 Å². The van der Waals surface area contributed by atoms with E-state index in [0.717, 1.165) is 13.3 Å². The lowest BCUT2D eigenvalue weighted by atomic mass is 9.87. The van der Waals surface area contributed by atoms with Gasteiger partial charge in [-0.1, -0.05) is 12.1 Å². The molecular weight excluding hydrogens is 344 g/mol. The fourth-order valence-corrected chi connectivity index (χ4v) is 2.57. The molecule has 1 atom stereocenters. The predicted octanol–water partition coefficient (Wildman–Crippen LogP) is 0.573. The molecule has 0 unspecified atom stereocenters. The molecule has 1 amide bonds. The number of rotatable bonds is 6. The van der Waals surface area contributed by atoms with Crippen LogP contribution < -0.4 is 11.3 Å². The highest BCUT2D eigenvalue weighted by molar-refractivity contribution is 5.92. The van der Waals surface area contributed by atoms with Gasteiger partial charge in [0.1, 0.15) is 11.3 Å². The Morgan fingerprint density at radius 2 is 1.85 bits per heavy atom. The summed E-state index contributed by atoms with van der Waals surface area (Å²) in [6.45, 7) is 0. The molecular formula is C17H16N2O7. The Bertz CT molecular complexity index is 916. The smallest absolute Gasteiger partial charge is 0.343 e. The summed E-state index contributed by atoms with van der Waals surface area (Å²) < 4.78 is 4.54. The number of esters is 1. The van der Waals surface area contributed by atoms with E-state index < -0.39 is 35.1 Å². The van der Waals surface area contributed by atoms with Gasteiger partial charge in [-0.05, 0) is 17.7 Å². The number of methoxy groups -OCH3 is 1. The number of nitrogens with one attached hydrogen (secondary N) is 1. The maximum atomic E-state index is 12.3. The van der Waals surface area contributed by atoms with Crippen molar-refractivity contribution < 1.29 is 29.3 Å². The van der Waals surface area contributed by atoms with Crippen LogP contribution in [-0.2, 0) is 9.53 Å². The van der Waals surface area contributed by atoms with Gasteiger partial charge < -0.3 is 25.7 Å². The number of carboxylic acid groups (broad SMARTS) is 1. The Morgan fingerprint density at radius 1 is 1.23 bits per heavy atom. The van der Waals surface area contributed by atoms with Crippen molar-refractivity contribution in [1.29, 1.82) is 0 Å². The third kappa shape index (κ3) is 3.72. The Morgan fingerprint density at radius 3 is 2.35 bits per heavy atom. The van der Waals surface area contributed by atoms with E-state index >= 15 is 0 Å². The Balaban J connectivity index is 2.64. The van der Waals surface area contributed by atoms with E-state index in [2.05, 4.69) is 9.72 Å². The first kappa shape index (κ1) is 18.7. The number of primary amides is 1. The maximum absolute atomic E-state index is 12.3. The van der Waals surface area contributed by atoms with Crippen molar-refractivity contribution >= 4 is 17.8 Å². The Hall–Kier alpha value is -3.62. The van der Waals surface area contributed by atoms with Gasteiger partial charge in [0.15, 0.2) is 0 Å². The highest BCUT2D eigenvalue weighted by atomic mass is 16.5. The molecule has 9 heteroatoms. The molecule has 0 radical (unpaired) electrons. The highest BCUT2D eigenvalue weighted by Gasteiger charge is 2.27. The number of aromatic hydroxyl groups is 1. The van der Waals surface area contributed by atoms with Crippen LogP contribution in [0.5, 0.6) is 5.75 Å². The molecule has 0 aliphatic heterocycles. The summed E-state index contributed by atoms with van der Waals surface area (Å²) in [5.74, 6) is -4.38. The highest BCUT2D eigenvalue weighted by Crippen LogP contribution is 2.33. The van der Waals surface area contributed by atoms with E-state index in [9.17, 15) is 24.3 Å². The number of hydrogen-bond donors (Lipinski definition) is 4. The fourth-order valence-electron chi connectivity index (χ4n) is 2.57. The van der Waals surface area contributed by atoms with Crippen LogP contribution in [0.1, 0.15) is 44.2 Å². The maximum Gasteiger partial charge on any atom is 0.343 e. The Kier molecular flexibility index (Phi) is 5.41. The molecule has 2 aromatic rings. The van der Waals surface area contributed by atoms with Crippen LogP contribution in [0, 0.1) is 0 Å². The van der Waals surface area contributed by atoms with Crippen LogP contribution in [0.15, 0.2) is 35.3 Å². The molecule has 0 saturated heterocycles. The zero-order chi connectivity index (χ0) is 19.4. The van der Waals surface area contributed by atoms with Gasteiger partial charge in [-0.25, -0.2) is 9.59 Å². The second-order valence-electron chi connectivity index (χ2n) is 5.44. The van der Waals surface area contributed by atoms with Gasteiger partial charge in [0.25, 0.3) is 5.56 Å². The van der Waals surface area contributed by atoms with Crippen LogP contribution in [0.2, 0.25) is 0 Å². The number of hydrogen-bond acceptors (Lipinski definition) is 6.